The van der Waals surface area contributed by atoms with Crippen LogP contribution >= 0.6 is 0 Å². The summed E-state index contributed by atoms with van der Waals surface area (Å²) in [7, 11) is -2.95. The lowest BCUT2D eigenvalue weighted by atomic mass is 9.91. The molecule has 2 amide bonds. The fraction of sp³-hybridized carbons (Fsp3) is 0.846. The molecule has 1 saturated carbocycles. The largest absolute Gasteiger partial charge is 0.340 e. The predicted molar refractivity (Wildman–Crippen MR) is 72.7 cm³/mol. The van der Waals surface area contributed by atoms with E-state index in [4.69, 9.17) is 0 Å². The minimum Gasteiger partial charge on any atom is -0.340 e. The average Bonchev–Trinajstić information content (AvgIpc) is 2.84. The molecule has 0 aromatic heterocycles. The van der Waals surface area contributed by atoms with Gasteiger partial charge in [-0.1, -0.05) is 12.8 Å². The van der Waals surface area contributed by atoms with E-state index in [9.17, 15) is 18.0 Å². The van der Waals surface area contributed by atoms with Gasteiger partial charge in [0, 0.05) is 6.04 Å². The number of hydrogen-bond acceptors (Lipinski definition) is 4. The molecule has 0 aromatic rings. The Labute approximate surface area is 118 Å². The molecule has 1 spiro atoms. The number of hydrogen-bond donors (Lipinski definition) is 1. The number of sulfone groups is 1. The second kappa shape index (κ2) is 4.72. The van der Waals surface area contributed by atoms with E-state index < -0.39 is 15.4 Å². The molecule has 6 nitrogen and oxygen atoms in total. The molecule has 2 heterocycles. The highest BCUT2D eigenvalue weighted by molar-refractivity contribution is 7.91. The smallest absolute Gasteiger partial charge is 0.249 e. The van der Waals surface area contributed by atoms with Gasteiger partial charge in [0.1, 0.15) is 15.4 Å². The molecule has 0 radical (unpaired) electrons. The number of rotatable bonds is 1. The van der Waals surface area contributed by atoms with Crippen LogP contribution in [-0.2, 0) is 19.4 Å². The third-order valence-electron chi connectivity index (χ3n) is 4.78. The Hall–Kier alpha value is -1.11. The SMILES string of the molecule is O=C1CN(C2CCS(=O)(=O)CC2)C(=O)C2(CCCC2)N1. The fourth-order valence-corrected chi connectivity index (χ4v) is 5.13. The van der Waals surface area contributed by atoms with Crippen LogP contribution in [0.25, 0.3) is 0 Å². The Bertz CT molecular complexity index is 523. The molecule has 0 atom stereocenters. The van der Waals surface area contributed by atoms with Gasteiger partial charge in [-0.05, 0) is 25.7 Å². The van der Waals surface area contributed by atoms with Crippen molar-refractivity contribution in [1.82, 2.24) is 10.2 Å². The highest BCUT2D eigenvalue weighted by Crippen LogP contribution is 2.35. The average molecular weight is 300 g/mol. The predicted octanol–water partition coefficient (Wildman–Crippen LogP) is -0.165. The summed E-state index contributed by atoms with van der Waals surface area (Å²) in [5.41, 5.74) is -0.703. The topological polar surface area (TPSA) is 83.6 Å². The lowest BCUT2D eigenvalue weighted by Gasteiger charge is -2.44. The second-order valence-electron chi connectivity index (χ2n) is 6.15. The van der Waals surface area contributed by atoms with Crippen LogP contribution in [0.1, 0.15) is 38.5 Å². The summed E-state index contributed by atoms with van der Waals surface area (Å²) in [6.45, 7) is 0.0747. The third kappa shape index (κ3) is 2.32. The van der Waals surface area contributed by atoms with Gasteiger partial charge in [-0.3, -0.25) is 9.59 Å². The monoisotopic (exact) mass is 300 g/mol. The van der Waals surface area contributed by atoms with E-state index in [-0.39, 0.29) is 35.9 Å². The Morgan fingerprint density at radius 1 is 1.10 bits per heavy atom. The van der Waals surface area contributed by atoms with Gasteiger partial charge in [-0.2, -0.15) is 0 Å². The standard InChI is InChI=1S/C13H20N2O4S/c16-11-9-15(10-3-7-20(18,19)8-4-10)12(17)13(14-11)5-1-2-6-13/h10H,1-9H2,(H,14,16). The molecule has 3 aliphatic rings. The number of carbonyl (C=O) groups is 2. The summed E-state index contributed by atoms with van der Waals surface area (Å²) in [6.07, 6.45) is 4.24. The van der Waals surface area contributed by atoms with Crippen LogP contribution in [0, 0.1) is 0 Å². The van der Waals surface area contributed by atoms with Crippen LogP contribution in [0.2, 0.25) is 0 Å². The van der Waals surface area contributed by atoms with Crippen molar-refractivity contribution in [2.24, 2.45) is 0 Å². The van der Waals surface area contributed by atoms with Crippen molar-refractivity contribution in [3.05, 3.63) is 0 Å². The zero-order valence-electron chi connectivity index (χ0n) is 11.4. The van der Waals surface area contributed by atoms with E-state index in [0.717, 1.165) is 12.8 Å². The summed E-state index contributed by atoms with van der Waals surface area (Å²) in [4.78, 5) is 26.3. The maximum Gasteiger partial charge on any atom is 0.249 e. The van der Waals surface area contributed by atoms with Gasteiger partial charge >= 0.3 is 0 Å². The highest BCUT2D eigenvalue weighted by atomic mass is 32.2. The maximum absolute atomic E-state index is 12.7. The molecular weight excluding hydrogens is 280 g/mol. The first kappa shape index (κ1) is 13.9. The van der Waals surface area contributed by atoms with E-state index in [0.29, 0.717) is 25.7 Å². The first-order chi connectivity index (χ1) is 9.42. The van der Waals surface area contributed by atoms with Crippen LogP contribution in [0.4, 0.5) is 0 Å². The lowest BCUT2D eigenvalue weighted by molar-refractivity contribution is -0.152. The van der Waals surface area contributed by atoms with Crippen molar-refractivity contribution < 1.29 is 18.0 Å². The van der Waals surface area contributed by atoms with Crippen LogP contribution in [0.5, 0.6) is 0 Å². The first-order valence-electron chi connectivity index (χ1n) is 7.24. The van der Waals surface area contributed by atoms with Crippen molar-refractivity contribution in [1.29, 1.82) is 0 Å². The molecule has 3 rings (SSSR count). The Morgan fingerprint density at radius 3 is 2.30 bits per heavy atom. The summed E-state index contributed by atoms with van der Waals surface area (Å²) >= 11 is 0. The second-order valence-corrected chi connectivity index (χ2v) is 8.46. The summed E-state index contributed by atoms with van der Waals surface area (Å²) in [6, 6.07) is -0.102. The fourth-order valence-electron chi connectivity index (χ4n) is 3.66. The highest BCUT2D eigenvalue weighted by Gasteiger charge is 2.50. The van der Waals surface area contributed by atoms with Crippen molar-refractivity contribution in [3.8, 4) is 0 Å². The molecule has 0 bridgehead atoms. The van der Waals surface area contributed by atoms with Crippen LogP contribution in [0.15, 0.2) is 0 Å². The summed E-state index contributed by atoms with van der Waals surface area (Å²) < 4.78 is 23.0. The zero-order chi connectivity index (χ0) is 14.4. The lowest BCUT2D eigenvalue weighted by Crippen LogP contribution is -2.67. The minimum absolute atomic E-state index is 0.00102. The van der Waals surface area contributed by atoms with Crippen molar-refractivity contribution in [2.45, 2.75) is 50.1 Å². The van der Waals surface area contributed by atoms with Crippen molar-refractivity contribution in [3.63, 3.8) is 0 Å². The molecule has 3 fully saturated rings. The van der Waals surface area contributed by atoms with Crippen molar-refractivity contribution >= 4 is 21.7 Å². The van der Waals surface area contributed by atoms with Crippen molar-refractivity contribution in [2.75, 3.05) is 18.1 Å². The van der Waals surface area contributed by atoms with E-state index in [2.05, 4.69) is 5.32 Å². The number of nitrogens with zero attached hydrogens (tertiary/aromatic N) is 1. The quantitative estimate of drug-likeness (QED) is 0.729. The summed E-state index contributed by atoms with van der Waals surface area (Å²) in [5.74, 6) is 0.130. The summed E-state index contributed by atoms with van der Waals surface area (Å²) in [5, 5.41) is 2.88. The molecule has 20 heavy (non-hydrogen) atoms. The molecule has 0 unspecified atom stereocenters. The van der Waals surface area contributed by atoms with Gasteiger partial charge in [0.05, 0.1) is 18.1 Å². The molecule has 0 aromatic carbocycles. The van der Waals surface area contributed by atoms with Gasteiger partial charge in [0.25, 0.3) is 0 Å². The molecule has 7 heteroatoms. The normalized spacial score (nSPS) is 29.7. The van der Waals surface area contributed by atoms with Gasteiger partial charge in [0.15, 0.2) is 0 Å². The Kier molecular flexibility index (Phi) is 3.27. The van der Waals surface area contributed by atoms with Gasteiger partial charge in [0.2, 0.25) is 11.8 Å². The first-order valence-corrected chi connectivity index (χ1v) is 9.07. The number of carbonyl (C=O) groups excluding carboxylic acids is 2. The van der Waals surface area contributed by atoms with Crippen LogP contribution < -0.4 is 5.32 Å². The maximum atomic E-state index is 12.7. The molecule has 1 aliphatic carbocycles. The Balaban J connectivity index is 1.79. The van der Waals surface area contributed by atoms with E-state index >= 15 is 0 Å². The number of amides is 2. The molecule has 2 aliphatic heterocycles. The van der Waals surface area contributed by atoms with Gasteiger partial charge in [-0.15, -0.1) is 0 Å². The zero-order valence-corrected chi connectivity index (χ0v) is 12.2. The van der Waals surface area contributed by atoms with Crippen LogP contribution in [-0.4, -0.2) is 54.8 Å². The van der Waals surface area contributed by atoms with Crippen LogP contribution in [0.3, 0.4) is 0 Å². The Morgan fingerprint density at radius 2 is 1.70 bits per heavy atom. The number of nitrogens with one attached hydrogen (secondary N) is 1. The van der Waals surface area contributed by atoms with Gasteiger partial charge in [-0.25, -0.2) is 8.42 Å². The molecular formula is C13H20N2O4S. The molecule has 1 N–H and O–H groups in total. The molecule has 2 saturated heterocycles. The molecule has 112 valence electrons. The third-order valence-corrected chi connectivity index (χ3v) is 6.50. The van der Waals surface area contributed by atoms with E-state index in [1.54, 1.807) is 4.90 Å². The van der Waals surface area contributed by atoms with Gasteiger partial charge < -0.3 is 10.2 Å². The van der Waals surface area contributed by atoms with E-state index in [1.807, 2.05) is 0 Å². The number of piperazine rings is 1. The van der Waals surface area contributed by atoms with E-state index in [1.165, 1.54) is 0 Å². The minimum atomic E-state index is -2.95.